The molecule has 2 aromatic rings. The Morgan fingerprint density at radius 2 is 1.73 bits per heavy atom. The summed E-state index contributed by atoms with van der Waals surface area (Å²) in [7, 11) is 0. The van der Waals surface area contributed by atoms with E-state index >= 15 is 0 Å². The van der Waals surface area contributed by atoms with E-state index in [-0.39, 0.29) is 0 Å². The molecule has 2 rings (SSSR count). The van der Waals surface area contributed by atoms with Gasteiger partial charge in [-0.2, -0.15) is 5.10 Å². The molecule has 0 unspecified atom stereocenters. The monoisotopic (exact) mass is 336 g/mol. The van der Waals surface area contributed by atoms with Crippen LogP contribution in [0, 0.1) is 0 Å². The van der Waals surface area contributed by atoms with E-state index in [2.05, 4.69) is 10.5 Å². The molecule has 0 heterocycles. The van der Waals surface area contributed by atoms with Crippen molar-refractivity contribution in [3.8, 4) is 5.75 Å². The van der Waals surface area contributed by atoms with Gasteiger partial charge in [0.2, 0.25) is 0 Å². The van der Waals surface area contributed by atoms with Gasteiger partial charge >= 0.3 is 0 Å². The molecular weight excluding hydrogens is 319 g/mol. The molecule has 3 nitrogen and oxygen atoms in total. The van der Waals surface area contributed by atoms with E-state index in [4.69, 9.17) is 27.9 Å². The molecule has 5 heteroatoms. The summed E-state index contributed by atoms with van der Waals surface area (Å²) in [5.41, 5.74) is 5.76. The van der Waals surface area contributed by atoms with Gasteiger partial charge in [0.1, 0.15) is 5.75 Å². The van der Waals surface area contributed by atoms with Crippen LogP contribution in [0.1, 0.15) is 25.0 Å². The summed E-state index contributed by atoms with van der Waals surface area (Å²) in [5, 5.41) is 5.62. The molecule has 0 saturated heterocycles. The number of hydrogen-bond donors (Lipinski definition) is 1. The van der Waals surface area contributed by atoms with Gasteiger partial charge in [-0.15, -0.1) is 0 Å². The number of nitrogens with zero attached hydrogens (tertiary/aromatic N) is 1. The highest BCUT2D eigenvalue weighted by Gasteiger charge is 2.04. The smallest absolute Gasteiger partial charge is 0.119 e. The summed E-state index contributed by atoms with van der Waals surface area (Å²) < 4.78 is 5.42. The van der Waals surface area contributed by atoms with Crippen LogP contribution in [0.3, 0.4) is 0 Å². The van der Waals surface area contributed by atoms with Crippen molar-refractivity contribution >= 4 is 28.9 Å². The van der Waals surface area contributed by atoms with Crippen LogP contribution in [0.2, 0.25) is 10.0 Å². The van der Waals surface area contributed by atoms with Crippen LogP contribution in [0.15, 0.2) is 47.6 Å². The summed E-state index contributed by atoms with van der Waals surface area (Å²) in [6, 6.07) is 13.3. The number of benzene rings is 2. The number of hydrazone groups is 1. The molecule has 0 aliphatic carbocycles. The van der Waals surface area contributed by atoms with E-state index in [9.17, 15) is 0 Å². The summed E-state index contributed by atoms with van der Waals surface area (Å²) in [4.78, 5) is 0. The fraction of sp³-hybridized carbons (Fsp3) is 0.235. The molecule has 0 aliphatic heterocycles. The fourth-order valence-corrected chi connectivity index (χ4v) is 2.49. The van der Waals surface area contributed by atoms with Crippen LogP contribution in [-0.4, -0.2) is 12.3 Å². The van der Waals surface area contributed by atoms with Crippen molar-refractivity contribution in [1.29, 1.82) is 0 Å². The largest absolute Gasteiger partial charge is 0.494 e. The topological polar surface area (TPSA) is 33.6 Å². The first-order valence-electron chi connectivity index (χ1n) is 7.05. The number of rotatable bonds is 6. The zero-order valence-electron chi connectivity index (χ0n) is 12.6. The average molecular weight is 337 g/mol. The minimum atomic E-state index is 0.479. The van der Waals surface area contributed by atoms with Crippen molar-refractivity contribution in [2.24, 2.45) is 5.10 Å². The van der Waals surface area contributed by atoms with E-state index in [0.29, 0.717) is 23.2 Å². The van der Waals surface area contributed by atoms with Crippen LogP contribution in [-0.2, 0) is 6.54 Å². The molecule has 0 saturated carbocycles. The first-order chi connectivity index (χ1) is 10.6. The van der Waals surface area contributed by atoms with Gasteiger partial charge < -0.3 is 10.2 Å². The zero-order valence-corrected chi connectivity index (χ0v) is 14.1. The minimum absolute atomic E-state index is 0.479. The van der Waals surface area contributed by atoms with Crippen LogP contribution >= 0.6 is 23.2 Å². The van der Waals surface area contributed by atoms with E-state index < -0.39 is 0 Å². The Morgan fingerprint density at radius 1 is 1.09 bits per heavy atom. The van der Waals surface area contributed by atoms with E-state index in [1.807, 2.05) is 56.3 Å². The van der Waals surface area contributed by atoms with Crippen molar-refractivity contribution in [3.05, 3.63) is 63.6 Å². The molecule has 0 bridgehead atoms. The summed E-state index contributed by atoms with van der Waals surface area (Å²) in [5.74, 6) is 0.856. The normalized spacial score (nSPS) is 11.4. The molecule has 0 radical (unpaired) electrons. The second-order valence-electron chi connectivity index (χ2n) is 4.69. The number of hydrogen-bond acceptors (Lipinski definition) is 3. The Balaban J connectivity index is 2.00. The molecule has 2 aromatic carbocycles. The highest BCUT2D eigenvalue weighted by atomic mass is 35.5. The van der Waals surface area contributed by atoms with Gasteiger partial charge in [-0.3, -0.25) is 0 Å². The zero-order chi connectivity index (χ0) is 15.9. The van der Waals surface area contributed by atoms with Gasteiger partial charge in [-0.1, -0.05) is 29.3 Å². The molecule has 0 aliphatic rings. The van der Waals surface area contributed by atoms with Crippen LogP contribution in [0.4, 0.5) is 0 Å². The van der Waals surface area contributed by atoms with Gasteiger partial charge in [0.05, 0.1) is 18.9 Å². The predicted octanol–water partition coefficient (Wildman–Crippen LogP) is 4.91. The van der Waals surface area contributed by atoms with Crippen molar-refractivity contribution in [3.63, 3.8) is 0 Å². The third-order valence-electron chi connectivity index (χ3n) is 3.15. The Labute approximate surface area is 140 Å². The standard InChI is InChI=1S/C17H18Cl2N2O/c1-3-22-14-9-7-13(8-10-14)12(2)21-20-11-15-16(18)5-4-6-17(15)19/h4-10,20H,3,11H2,1-2H3/b21-12+. The summed E-state index contributed by atoms with van der Waals surface area (Å²) in [6.45, 7) is 5.04. The van der Waals surface area contributed by atoms with Crippen molar-refractivity contribution in [1.82, 2.24) is 5.43 Å². The van der Waals surface area contributed by atoms with Crippen molar-refractivity contribution < 1.29 is 4.74 Å². The highest BCUT2D eigenvalue weighted by Crippen LogP contribution is 2.23. The minimum Gasteiger partial charge on any atom is -0.494 e. The Bertz CT molecular complexity index is 634. The molecule has 22 heavy (non-hydrogen) atoms. The van der Waals surface area contributed by atoms with Gasteiger partial charge in [0.15, 0.2) is 0 Å². The van der Waals surface area contributed by atoms with Gasteiger partial charge in [0.25, 0.3) is 0 Å². The number of halogens is 2. The van der Waals surface area contributed by atoms with Gasteiger partial charge in [0, 0.05) is 15.6 Å². The Morgan fingerprint density at radius 3 is 2.32 bits per heavy atom. The lowest BCUT2D eigenvalue weighted by Crippen LogP contribution is -2.10. The fourth-order valence-electron chi connectivity index (χ4n) is 1.96. The maximum absolute atomic E-state index is 6.12. The number of nitrogens with one attached hydrogen (secondary N) is 1. The van der Waals surface area contributed by atoms with Crippen LogP contribution < -0.4 is 10.2 Å². The predicted molar refractivity (Wildman–Crippen MR) is 93.1 cm³/mol. The lowest BCUT2D eigenvalue weighted by Gasteiger charge is -2.08. The van der Waals surface area contributed by atoms with Gasteiger partial charge in [-0.25, -0.2) is 0 Å². The molecule has 0 spiro atoms. The molecule has 0 aromatic heterocycles. The second kappa shape index (κ2) is 8.06. The van der Waals surface area contributed by atoms with E-state index in [1.165, 1.54) is 0 Å². The average Bonchev–Trinajstić information content (AvgIpc) is 2.51. The third kappa shape index (κ3) is 4.39. The third-order valence-corrected chi connectivity index (χ3v) is 3.86. The Kier molecular flexibility index (Phi) is 6.10. The molecule has 116 valence electrons. The molecule has 0 amide bonds. The first kappa shape index (κ1) is 16.7. The molecule has 1 N–H and O–H groups in total. The SMILES string of the molecule is CCOc1ccc(/C(C)=N/NCc2c(Cl)cccc2Cl)cc1. The van der Waals surface area contributed by atoms with Crippen LogP contribution in [0.5, 0.6) is 5.75 Å². The quantitative estimate of drug-likeness (QED) is 0.600. The summed E-state index contributed by atoms with van der Waals surface area (Å²) >= 11 is 12.2. The first-order valence-corrected chi connectivity index (χ1v) is 7.80. The van der Waals surface area contributed by atoms with E-state index in [0.717, 1.165) is 22.6 Å². The van der Waals surface area contributed by atoms with Crippen molar-refractivity contribution in [2.45, 2.75) is 20.4 Å². The molecule has 0 fully saturated rings. The van der Waals surface area contributed by atoms with Gasteiger partial charge in [-0.05, 0) is 55.8 Å². The molecular formula is C17H18Cl2N2O. The lowest BCUT2D eigenvalue weighted by atomic mass is 10.1. The lowest BCUT2D eigenvalue weighted by molar-refractivity contribution is 0.340. The maximum atomic E-state index is 6.12. The van der Waals surface area contributed by atoms with E-state index in [1.54, 1.807) is 0 Å². The maximum Gasteiger partial charge on any atom is 0.119 e. The number of ether oxygens (including phenoxy) is 1. The van der Waals surface area contributed by atoms with Crippen LogP contribution in [0.25, 0.3) is 0 Å². The second-order valence-corrected chi connectivity index (χ2v) is 5.50. The highest BCUT2D eigenvalue weighted by molar-refractivity contribution is 6.35. The Hall–Kier alpha value is -1.71. The van der Waals surface area contributed by atoms with Crippen molar-refractivity contribution in [2.75, 3.05) is 6.61 Å². The molecule has 0 atom stereocenters. The summed E-state index contributed by atoms with van der Waals surface area (Å²) in [6.07, 6.45) is 0.